The highest BCUT2D eigenvalue weighted by Gasteiger charge is 2.19. The summed E-state index contributed by atoms with van der Waals surface area (Å²) in [6.07, 6.45) is 5.60. The van der Waals surface area contributed by atoms with Gasteiger partial charge >= 0.3 is 0 Å². The van der Waals surface area contributed by atoms with Gasteiger partial charge < -0.3 is 11.1 Å². The second-order valence-corrected chi connectivity index (χ2v) is 6.50. The Kier molecular flexibility index (Phi) is 7.44. The molecule has 0 aliphatic rings. The normalized spacial score (nSPS) is 11.4. The third-order valence-corrected chi connectivity index (χ3v) is 3.86. The van der Waals surface area contributed by atoms with Crippen LogP contribution in [0.15, 0.2) is 24.3 Å². The molecule has 0 bridgehead atoms. The minimum atomic E-state index is 0.0163. The zero-order chi connectivity index (χ0) is 15.7. The highest BCUT2D eigenvalue weighted by Crippen LogP contribution is 2.23. The first-order valence-electron chi connectivity index (χ1n) is 8.06. The first-order valence-corrected chi connectivity index (χ1v) is 8.06. The quantitative estimate of drug-likeness (QED) is 0.684. The number of nitrogens with two attached hydrogens (primary N) is 1. The summed E-state index contributed by atoms with van der Waals surface area (Å²) in [4.78, 5) is 12.4. The number of hydrogen-bond donors (Lipinski definition) is 2. The summed E-state index contributed by atoms with van der Waals surface area (Å²) >= 11 is 0. The lowest BCUT2D eigenvalue weighted by Crippen LogP contribution is -2.34. The second-order valence-electron chi connectivity index (χ2n) is 6.50. The molecule has 1 aromatic carbocycles. The summed E-state index contributed by atoms with van der Waals surface area (Å²) in [6, 6.07) is 7.72. The van der Waals surface area contributed by atoms with E-state index in [0.29, 0.717) is 13.1 Å². The van der Waals surface area contributed by atoms with Crippen molar-refractivity contribution in [1.29, 1.82) is 0 Å². The van der Waals surface area contributed by atoms with Gasteiger partial charge in [-0.2, -0.15) is 0 Å². The van der Waals surface area contributed by atoms with Gasteiger partial charge in [-0.3, -0.25) is 4.79 Å². The maximum absolute atomic E-state index is 12.4. The summed E-state index contributed by atoms with van der Waals surface area (Å²) in [5.74, 6) is 0.0163. The Morgan fingerprint density at radius 3 is 2.62 bits per heavy atom. The lowest BCUT2D eigenvalue weighted by molar-refractivity contribution is 0.0933. The zero-order valence-corrected chi connectivity index (χ0v) is 13.7. The number of benzene rings is 1. The van der Waals surface area contributed by atoms with Crippen LogP contribution in [0.4, 0.5) is 0 Å². The van der Waals surface area contributed by atoms with Crippen LogP contribution in [0, 0.1) is 5.41 Å². The van der Waals surface area contributed by atoms with Crippen molar-refractivity contribution in [3.63, 3.8) is 0 Å². The van der Waals surface area contributed by atoms with Gasteiger partial charge in [-0.25, -0.2) is 0 Å². The van der Waals surface area contributed by atoms with Crippen LogP contribution in [0.25, 0.3) is 0 Å². The first-order chi connectivity index (χ1) is 10.00. The fourth-order valence-electron chi connectivity index (χ4n) is 2.47. The fraction of sp³-hybridized carbons (Fsp3) is 0.611. The van der Waals surface area contributed by atoms with Crippen molar-refractivity contribution < 1.29 is 4.79 Å². The molecule has 0 saturated heterocycles. The molecule has 0 unspecified atom stereocenters. The maximum Gasteiger partial charge on any atom is 0.251 e. The molecule has 1 aromatic rings. The SMILES string of the molecule is CCCCCC(C)(C)CNC(=O)c1ccccc1CCN. The lowest BCUT2D eigenvalue weighted by Gasteiger charge is -2.25. The third-order valence-electron chi connectivity index (χ3n) is 3.86. The summed E-state index contributed by atoms with van der Waals surface area (Å²) < 4.78 is 0. The van der Waals surface area contributed by atoms with Gasteiger partial charge in [0.15, 0.2) is 0 Å². The predicted octanol–water partition coefficient (Wildman–Crippen LogP) is 3.52. The molecule has 0 aliphatic heterocycles. The van der Waals surface area contributed by atoms with E-state index in [9.17, 15) is 4.79 Å². The molecule has 1 amide bonds. The van der Waals surface area contributed by atoms with Gasteiger partial charge in [-0.05, 0) is 36.4 Å². The van der Waals surface area contributed by atoms with Crippen LogP contribution in [-0.4, -0.2) is 19.0 Å². The topological polar surface area (TPSA) is 55.1 Å². The van der Waals surface area contributed by atoms with Gasteiger partial charge in [0.2, 0.25) is 0 Å². The van der Waals surface area contributed by atoms with Gasteiger partial charge in [0.05, 0.1) is 0 Å². The van der Waals surface area contributed by atoms with Crippen molar-refractivity contribution in [2.24, 2.45) is 11.1 Å². The summed E-state index contributed by atoms with van der Waals surface area (Å²) in [5.41, 5.74) is 7.54. The van der Waals surface area contributed by atoms with Gasteiger partial charge in [0.25, 0.3) is 5.91 Å². The molecular weight excluding hydrogens is 260 g/mol. The van der Waals surface area contributed by atoms with Crippen LogP contribution in [0.5, 0.6) is 0 Å². The van der Waals surface area contributed by atoms with E-state index in [4.69, 9.17) is 5.73 Å². The van der Waals surface area contributed by atoms with Crippen LogP contribution >= 0.6 is 0 Å². The van der Waals surface area contributed by atoms with Crippen LogP contribution in [0.1, 0.15) is 62.4 Å². The van der Waals surface area contributed by atoms with E-state index in [1.165, 1.54) is 19.3 Å². The van der Waals surface area contributed by atoms with Crippen LogP contribution in [0.3, 0.4) is 0 Å². The van der Waals surface area contributed by atoms with Crippen LogP contribution in [0.2, 0.25) is 0 Å². The standard InChI is InChI=1S/C18H30N2O/c1-4-5-8-12-18(2,3)14-20-17(21)16-10-7-6-9-15(16)11-13-19/h6-7,9-10H,4-5,8,11-14,19H2,1-3H3,(H,20,21). The largest absolute Gasteiger partial charge is 0.351 e. The molecule has 118 valence electrons. The number of carbonyl (C=O) groups excluding carboxylic acids is 1. The molecule has 0 atom stereocenters. The molecule has 3 nitrogen and oxygen atoms in total. The van der Waals surface area contributed by atoms with E-state index >= 15 is 0 Å². The Labute approximate surface area is 129 Å². The van der Waals surface area contributed by atoms with Crippen molar-refractivity contribution in [3.8, 4) is 0 Å². The summed E-state index contributed by atoms with van der Waals surface area (Å²) in [6.45, 7) is 7.92. The zero-order valence-electron chi connectivity index (χ0n) is 13.7. The Bertz CT molecular complexity index is 441. The fourth-order valence-corrected chi connectivity index (χ4v) is 2.47. The minimum Gasteiger partial charge on any atom is -0.351 e. The smallest absolute Gasteiger partial charge is 0.251 e. The summed E-state index contributed by atoms with van der Waals surface area (Å²) in [5, 5.41) is 3.09. The van der Waals surface area contributed by atoms with Crippen LogP contribution in [-0.2, 0) is 6.42 Å². The van der Waals surface area contributed by atoms with Crippen LogP contribution < -0.4 is 11.1 Å². The molecule has 3 heteroatoms. The number of carbonyl (C=O) groups is 1. The highest BCUT2D eigenvalue weighted by atomic mass is 16.1. The van der Waals surface area contributed by atoms with E-state index in [1.807, 2.05) is 24.3 Å². The minimum absolute atomic E-state index is 0.0163. The summed E-state index contributed by atoms with van der Waals surface area (Å²) in [7, 11) is 0. The molecule has 0 aliphatic carbocycles. The van der Waals surface area contributed by atoms with Crippen molar-refractivity contribution in [2.45, 2.75) is 52.9 Å². The Hall–Kier alpha value is -1.35. The average Bonchev–Trinajstić information content (AvgIpc) is 2.46. The van der Waals surface area contributed by atoms with Crippen molar-refractivity contribution in [3.05, 3.63) is 35.4 Å². The number of hydrogen-bond acceptors (Lipinski definition) is 2. The Morgan fingerprint density at radius 1 is 1.24 bits per heavy atom. The maximum atomic E-state index is 12.4. The molecule has 1 rings (SSSR count). The number of nitrogens with one attached hydrogen (secondary N) is 1. The predicted molar refractivity (Wildman–Crippen MR) is 89.5 cm³/mol. The molecule has 0 heterocycles. The Balaban J connectivity index is 2.57. The molecular formula is C18H30N2O. The van der Waals surface area contributed by atoms with Gasteiger partial charge in [-0.1, -0.05) is 58.2 Å². The molecule has 0 spiro atoms. The van der Waals surface area contributed by atoms with Crippen molar-refractivity contribution in [2.75, 3.05) is 13.1 Å². The van der Waals surface area contributed by atoms with Gasteiger partial charge in [0, 0.05) is 12.1 Å². The van der Waals surface area contributed by atoms with Gasteiger partial charge in [-0.15, -0.1) is 0 Å². The van der Waals surface area contributed by atoms with Crippen molar-refractivity contribution >= 4 is 5.91 Å². The first kappa shape index (κ1) is 17.7. The Morgan fingerprint density at radius 2 is 1.95 bits per heavy atom. The van der Waals surface area contributed by atoms with E-state index in [-0.39, 0.29) is 11.3 Å². The third kappa shape index (κ3) is 6.30. The molecule has 0 fully saturated rings. The molecule has 0 aromatic heterocycles. The molecule has 0 radical (unpaired) electrons. The number of rotatable bonds is 9. The van der Waals surface area contributed by atoms with Crippen molar-refractivity contribution in [1.82, 2.24) is 5.32 Å². The number of amides is 1. The lowest BCUT2D eigenvalue weighted by atomic mass is 9.86. The molecule has 0 saturated carbocycles. The van der Waals surface area contributed by atoms with E-state index in [2.05, 4.69) is 26.1 Å². The van der Waals surface area contributed by atoms with E-state index in [0.717, 1.165) is 24.0 Å². The average molecular weight is 290 g/mol. The number of unbranched alkanes of at least 4 members (excludes halogenated alkanes) is 2. The molecule has 21 heavy (non-hydrogen) atoms. The van der Waals surface area contributed by atoms with E-state index in [1.54, 1.807) is 0 Å². The van der Waals surface area contributed by atoms with E-state index < -0.39 is 0 Å². The highest BCUT2D eigenvalue weighted by molar-refractivity contribution is 5.95. The monoisotopic (exact) mass is 290 g/mol. The molecule has 3 N–H and O–H groups in total. The second kappa shape index (κ2) is 8.83. The van der Waals surface area contributed by atoms with Gasteiger partial charge in [0.1, 0.15) is 0 Å².